The molecule has 1 aliphatic carbocycles. The Hall–Kier alpha value is -5.19. The quantitative estimate of drug-likeness (QED) is 0.0882. The molecule has 1 spiro atoms. The number of H-pyrrole nitrogens is 2. The summed E-state index contributed by atoms with van der Waals surface area (Å²) in [6.45, 7) is 6.18. The van der Waals surface area contributed by atoms with Gasteiger partial charge in [0.15, 0.2) is 0 Å². The van der Waals surface area contributed by atoms with Gasteiger partial charge in [0.25, 0.3) is 0 Å². The maximum Gasteiger partial charge on any atom is 0.407 e. The van der Waals surface area contributed by atoms with Gasteiger partial charge in [0.1, 0.15) is 17.7 Å². The molecule has 14 nitrogen and oxygen atoms in total. The zero-order valence-electron chi connectivity index (χ0n) is 34.8. The number of likely N-dealkylation sites (tertiary alicyclic amines) is 2. The number of ether oxygens (including phenoxy) is 2. The number of aliphatic hydroxyl groups excluding tert-OH is 1. The van der Waals surface area contributed by atoms with E-state index in [1.165, 1.54) is 14.2 Å². The Morgan fingerprint density at radius 3 is 1.90 bits per heavy atom. The molecule has 3 aliphatic rings. The second-order valence-corrected chi connectivity index (χ2v) is 16.6. The van der Waals surface area contributed by atoms with Crippen molar-refractivity contribution in [3.05, 3.63) is 72.6 Å². The summed E-state index contributed by atoms with van der Waals surface area (Å²) in [4.78, 5) is 59.5. The normalized spacial score (nSPS) is 21.3. The van der Waals surface area contributed by atoms with E-state index in [4.69, 9.17) is 14.5 Å². The summed E-state index contributed by atoms with van der Waals surface area (Å²) in [5.41, 5.74) is 4.75. The second kappa shape index (κ2) is 17.8. The minimum atomic E-state index is -2.75. The third-order valence-electron chi connectivity index (χ3n) is 12.6. The van der Waals surface area contributed by atoms with E-state index in [0.29, 0.717) is 37.5 Å². The summed E-state index contributed by atoms with van der Waals surface area (Å²) >= 11 is 0. The Bertz CT molecular complexity index is 2110. The van der Waals surface area contributed by atoms with Crippen molar-refractivity contribution in [3.63, 3.8) is 0 Å². The number of hydrogen-bond donors (Lipinski definition) is 5. The Morgan fingerprint density at radius 2 is 1.38 bits per heavy atom. The van der Waals surface area contributed by atoms with Gasteiger partial charge in [-0.1, -0.05) is 69.3 Å². The lowest BCUT2D eigenvalue weighted by Crippen LogP contribution is -2.58. The molecule has 5 atom stereocenters. The lowest BCUT2D eigenvalue weighted by Gasteiger charge is -2.46. The van der Waals surface area contributed by atoms with Crippen LogP contribution >= 0.6 is 0 Å². The predicted octanol–water partition coefficient (Wildman–Crippen LogP) is 7.08. The van der Waals surface area contributed by atoms with Crippen molar-refractivity contribution in [1.29, 1.82) is 0 Å². The summed E-state index contributed by atoms with van der Waals surface area (Å²) in [5, 5.41) is 15.7. The van der Waals surface area contributed by atoms with Crippen LogP contribution in [0.25, 0.3) is 33.6 Å². The number of halogens is 2. The fraction of sp³-hybridized carbons (Fsp3) is 0.523. The van der Waals surface area contributed by atoms with Gasteiger partial charge in [0, 0.05) is 32.0 Å². The van der Waals surface area contributed by atoms with E-state index in [0.717, 1.165) is 46.5 Å². The molecular formula is C44H56F2N8O6. The Morgan fingerprint density at radius 1 is 0.833 bits per heavy atom. The first kappa shape index (κ1) is 42.9. The number of imidazole rings is 2. The number of aromatic nitrogens is 4. The molecule has 3 amide bonds. The maximum atomic E-state index is 14.4. The Kier molecular flexibility index (Phi) is 12.7. The lowest BCUT2D eigenvalue weighted by molar-refractivity contribution is -0.153. The molecular weight excluding hydrogens is 775 g/mol. The van der Waals surface area contributed by atoms with E-state index in [9.17, 15) is 28.3 Å². The van der Waals surface area contributed by atoms with Crippen molar-refractivity contribution in [2.75, 3.05) is 20.8 Å². The van der Waals surface area contributed by atoms with Gasteiger partial charge >= 0.3 is 6.09 Å². The molecule has 2 saturated heterocycles. The molecule has 5 N–H and O–H groups in total. The summed E-state index contributed by atoms with van der Waals surface area (Å²) in [6.07, 6.45) is 4.51. The molecule has 2 aromatic carbocycles. The molecule has 0 radical (unpaired) electrons. The van der Waals surface area contributed by atoms with E-state index >= 15 is 0 Å². The molecule has 4 aromatic rings. The molecule has 0 bridgehead atoms. The molecule has 3 fully saturated rings. The largest absolute Gasteiger partial charge is 0.453 e. The van der Waals surface area contributed by atoms with Gasteiger partial charge in [-0.05, 0) is 73.1 Å². The monoisotopic (exact) mass is 830 g/mol. The minimum absolute atomic E-state index is 0.122. The van der Waals surface area contributed by atoms with Gasteiger partial charge in [-0.15, -0.1) is 0 Å². The third-order valence-corrected chi connectivity index (χ3v) is 12.6. The first-order chi connectivity index (χ1) is 28.8. The van der Waals surface area contributed by atoms with Crippen LogP contribution in [0.3, 0.4) is 0 Å². The van der Waals surface area contributed by atoms with Crippen LogP contribution in [0.15, 0.2) is 60.9 Å². The molecule has 5 unspecified atom stereocenters. The fourth-order valence-electron chi connectivity index (χ4n) is 9.16. The zero-order valence-corrected chi connectivity index (χ0v) is 34.8. The lowest BCUT2D eigenvalue weighted by atomic mass is 9.78. The Balaban J connectivity index is 1.04. The van der Waals surface area contributed by atoms with Crippen LogP contribution < -0.4 is 10.6 Å². The first-order valence-corrected chi connectivity index (χ1v) is 20.9. The molecule has 4 heterocycles. The number of carbonyl (C=O) groups excluding carboxylic acids is 3. The van der Waals surface area contributed by atoms with Gasteiger partial charge in [-0.3, -0.25) is 14.9 Å². The highest BCUT2D eigenvalue weighted by Crippen LogP contribution is 2.52. The number of nitrogens with zero attached hydrogens (tertiary/aromatic N) is 4. The van der Waals surface area contributed by atoms with Gasteiger partial charge in [-0.25, -0.2) is 23.5 Å². The number of rotatable bonds is 13. The average molecular weight is 831 g/mol. The van der Waals surface area contributed by atoms with Crippen molar-refractivity contribution in [1.82, 2.24) is 40.4 Å². The van der Waals surface area contributed by atoms with E-state index < -0.39 is 42.1 Å². The summed E-state index contributed by atoms with van der Waals surface area (Å²) in [7, 11) is 2.61. The van der Waals surface area contributed by atoms with Gasteiger partial charge in [-0.2, -0.15) is 0 Å². The molecule has 2 aromatic heterocycles. The predicted molar refractivity (Wildman–Crippen MR) is 220 cm³/mol. The number of hydrogen-bond acceptors (Lipinski definition) is 9. The summed E-state index contributed by atoms with van der Waals surface area (Å²) in [6, 6.07) is 14.1. The van der Waals surface area contributed by atoms with Crippen molar-refractivity contribution in [3.8, 4) is 33.6 Å². The van der Waals surface area contributed by atoms with Crippen LogP contribution in [0.4, 0.5) is 13.6 Å². The Labute approximate surface area is 348 Å². The highest BCUT2D eigenvalue weighted by atomic mass is 19.3. The number of aromatic amines is 2. The maximum absolute atomic E-state index is 14.4. The number of nitrogens with one attached hydrogen (secondary N) is 4. The van der Waals surface area contributed by atoms with Crippen LogP contribution in [0.1, 0.15) is 102 Å². The topological polar surface area (TPSA) is 178 Å². The van der Waals surface area contributed by atoms with E-state index in [1.807, 2.05) is 69.3 Å². The van der Waals surface area contributed by atoms with Crippen molar-refractivity contribution >= 4 is 17.9 Å². The standard InChI is InChI=1S/C44H56F2N8O6/c1-6-31(51-41(57)59-4)39(55)54-35(17-18-43(54)19-21-44(45,46)22-20-43)38-48-25-33(50-38)30-15-11-28(12-16-30)27-9-13-29(14-10-27)32-24-47-37(49-32)34-8-7-23-53(34)40(56)36(26(2)3)52-42(58)60-5/h9-16,24-26,31,34-36,41,51,57H,6-8,17-23H2,1-5H3,(H,47,49)(H,48,50)(H,52,58). The van der Waals surface area contributed by atoms with Gasteiger partial charge in [0.2, 0.25) is 24.2 Å². The van der Waals surface area contributed by atoms with E-state index in [1.54, 1.807) is 22.2 Å². The van der Waals surface area contributed by atoms with Crippen molar-refractivity contribution in [2.45, 2.75) is 121 Å². The van der Waals surface area contributed by atoms with Crippen LogP contribution in [0.5, 0.6) is 0 Å². The summed E-state index contributed by atoms with van der Waals surface area (Å²) < 4.78 is 38.5. The highest BCUT2D eigenvalue weighted by Gasteiger charge is 2.55. The van der Waals surface area contributed by atoms with Crippen LogP contribution in [-0.2, 0) is 19.1 Å². The number of methoxy groups -OCH3 is 2. The number of carbonyl (C=O) groups is 3. The molecule has 7 rings (SSSR count). The van der Waals surface area contributed by atoms with E-state index in [-0.39, 0.29) is 49.5 Å². The second-order valence-electron chi connectivity index (χ2n) is 16.6. The van der Waals surface area contributed by atoms with Crippen LogP contribution in [0, 0.1) is 5.92 Å². The molecule has 16 heteroatoms. The molecule has 2 aliphatic heterocycles. The number of alkyl halides is 2. The fourth-order valence-corrected chi connectivity index (χ4v) is 9.16. The number of aliphatic hydroxyl groups is 1. The first-order valence-electron chi connectivity index (χ1n) is 20.9. The zero-order chi connectivity index (χ0) is 42.8. The summed E-state index contributed by atoms with van der Waals surface area (Å²) in [5.74, 6) is -2.00. The van der Waals surface area contributed by atoms with Gasteiger partial charge < -0.3 is 39.7 Å². The third kappa shape index (κ3) is 8.82. The molecule has 322 valence electrons. The van der Waals surface area contributed by atoms with Crippen LogP contribution in [-0.4, -0.2) is 103 Å². The average Bonchev–Trinajstić information content (AvgIpc) is 4.09. The van der Waals surface area contributed by atoms with Gasteiger partial charge in [0.05, 0.1) is 49.0 Å². The van der Waals surface area contributed by atoms with Crippen molar-refractivity contribution in [2.24, 2.45) is 5.92 Å². The number of benzene rings is 2. The molecule has 60 heavy (non-hydrogen) atoms. The SMILES string of the molecule is CCC(NC(O)OC)C(=O)N1C(c2ncc(-c3ccc(-c4ccc(-c5cnc(C6CCCN6C(=O)C(NC(=O)OC)C(C)C)[nH]5)cc4)cc3)[nH]2)CCC12CCC(F)(F)CC2. The minimum Gasteiger partial charge on any atom is -0.453 e. The highest BCUT2D eigenvalue weighted by molar-refractivity contribution is 5.86. The van der Waals surface area contributed by atoms with Crippen LogP contribution in [0.2, 0.25) is 0 Å². The number of amides is 3. The van der Waals surface area contributed by atoms with E-state index in [2.05, 4.69) is 25.6 Å². The smallest absolute Gasteiger partial charge is 0.407 e. The molecule has 1 saturated carbocycles. The number of alkyl carbamates (subject to hydrolysis) is 1. The van der Waals surface area contributed by atoms with Crippen molar-refractivity contribution < 1.29 is 37.7 Å².